The van der Waals surface area contributed by atoms with Crippen molar-refractivity contribution in [2.45, 2.75) is 17.4 Å². The third kappa shape index (κ3) is 3.39. The van der Waals surface area contributed by atoms with Gasteiger partial charge >= 0.3 is 0 Å². The quantitative estimate of drug-likeness (QED) is 0.883. The number of nitrogens with one attached hydrogen (secondary N) is 1. The predicted molar refractivity (Wildman–Crippen MR) is 98.1 cm³/mol. The van der Waals surface area contributed by atoms with Gasteiger partial charge in [-0.25, -0.2) is 0 Å². The van der Waals surface area contributed by atoms with Crippen molar-refractivity contribution < 1.29 is 19.0 Å². The lowest BCUT2D eigenvalue weighted by Gasteiger charge is -2.26. The fraction of sp³-hybridized carbons (Fsp3) is 0.316. The first kappa shape index (κ1) is 17.5. The summed E-state index contributed by atoms with van der Waals surface area (Å²) < 4.78 is 16.1. The highest BCUT2D eigenvalue weighted by Crippen LogP contribution is 2.40. The van der Waals surface area contributed by atoms with E-state index in [9.17, 15) is 4.79 Å². The standard InChI is InChI=1S/C19H21NO4S/c1-22-15-9-8-13(17(23-2)18(15)24-3)19(21)20-14-10-11-25-16-7-5-4-6-12(14)16/h4-9,14H,10-11H2,1-3H3,(H,20,21)/t14-/m0/s1. The van der Waals surface area contributed by atoms with E-state index in [0.717, 1.165) is 17.7 Å². The minimum absolute atomic E-state index is 0.0113. The molecule has 6 heteroatoms. The molecule has 0 unspecified atom stereocenters. The summed E-state index contributed by atoms with van der Waals surface area (Å²) in [7, 11) is 4.59. The van der Waals surface area contributed by atoms with E-state index in [1.807, 2.05) is 23.9 Å². The molecule has 5 nitrogen and oxygen atoms in total. The first-order chi connectivity index (χ1) is 12.2. The van der Waals surface area contributed by atoms with Gasteiger partial charge in [0.25, 0.3) is 5.91 Å². The average molecular weight is 359 g/mol. The van der Waals surface area contributed by atoms with E-state index in [1.54, 1.807) is 19.2 Å². The highest BCUT2D eigenvalue weighted by atomic mass is 32.2. The monoisotopic (exact) mass is 359 g/mol. The van der Waals surface area contributed by atoms with Gasteiger partial charge in [-0.3, -0.25) is 4.79 Å². The molecule has 2 aromatic carbocycles. The minimum atomic E-state index is -0.190. The maximum Gasteiger partial charge on any atom is 0.255 e. The normalized spacial score (nSPS) is 15.9. The molecule has 1 heterocycles. The number of carbonyl (C=O) groups excluding carboxylic acids is 1. The number of hydrogen-bond acceptors (Lipinski definition) is 5. The second-order valence-electron chi connectivity index (χ2n) is 5.58. The zero-order valence-electron chi connectivity index (χ0n) is 14.5. The maximum atomic E-state index is 12.9. The van der Waals surface area contributed by atoms with Gasteiger partial charge in [0.05, 0.1) is 32.9 Å². The first-order valence-electron chi connectivity index (χ1n) is 8.01. The van der Waals surface area contributed by atoms with Crippen LogP contribution in [-0.2, 0) is 0 Å². The molecule has 1 amide bonds. The van der Waals surface area contributed by atoms with Crippen LogP contribution in [0.5, 0.6) is 17.2 Å². The maximum absolute atomic E-state index is 12.9. The molecule has 0 spiro atoms. The van der Waals surface area contributed by atoms with Gasteiger partial charge in [0.1, 0.15) is 0 Å². The van der Waals surface area contributed by atoms with Crippen molar-refractivity contribution in [2.24, 2.45) is 0 Å². The molecule has 0 saturated carbocycles. The van der Waals surface area contributed by atoms with E-state index in [1.165, 1.54) is 19.1 Å². The fourth-order valence-corrected chi connectivity index (χ4v) is 4.13. The van der Waals surface area contributed by atoms with Crippen LogP contribution in [-0.4, -0.2) is 33.0 Å². The Bertz CT molecular complexity index is 778. The molecule has 0 radical (unpaired) electrons. The summed E-state index contributed by atoms with van der Waals surface area (Å²) in [5.41, 5.74) is 1.59. The molecule has 0 bridgehead atoms. The van der Waals surface area contributed by atoms with Crippen LogP contribution in [0.2, 0.25) is 0 Å². The van der Waals surface area contributed by atoms with Crippen LogP contribution in [0.3, 0.4) is 0 Å². The predicted octanol–water partition coefficient (Wildman–Crippen LogP) is 3.68. The van der Waals surface area contributed by atoms with E-state index in [0.29, 0.717) is 22.8 Å². The molecular formula is C19H21NO4S. The summed E-state index contributed by atoms with van der Waals surface area (Å²) in [6, 6.07) is 11.6. The zero-order chi connectivity index (χ0) is 17.8. The molecule has 25 heavy (non-hydrogen) atoms. The largest absolute Gasteiger partial charge is 0.493 e. The van der Waals surface area contributed by atoms with Gasteiger partial charge in [-0.15, -0.1) is 11.8 Å². The summed E-state index contributed by atoms with van der Waals surface area (Å²) in [6.07, 6.45) is 0.892. The molecule has 1 N–H and O–H groups in total. The number of hydrogen-bond donors (Lipinski definition) is 1. The van der Waals surface area contributed by atoms with Gasteiger partial charge in [-0.05, 0) is 30.2 Å². The smallest absolute Gasteiger partial charge is 0.255 e. The number of thioether (sulfide) groups is 1. The van der Waals surface area contributed by atoms with Gasteiger partial charge in [0, 0.05) is 10.6 Å². The number of fused-ring (bicyclic) bond motifs is 1. The van der Waals surface area contributed by atoms with Gasteiger partial charge in [-0.1, -0.05) is 18.2 Å². The van der Waals surface area contributed by atoms with Crippen molar-refractivity contribution in [2.75, 3.05) is 27.1 Å². The third-order valence-corrected chi connectivity index (χ3v) is 5.34. The van der Waals surface area contributed by atoms with Gasteiger partial charge in [0.15, 0.2) is 11.5 Å². The average Bonchev–Trinajstić information content (AvgIpc) is 2.66. The summed E-state index contributed by atoms with van der Waals surface area (Å²) in [4.78, 5) is 14.1. The first-order valence-corrected chi connectivity index (χ1v) is 8.99. The van der Waals surface area contributed by atoms with Gasteiger partial charge < -0.3 is 19.5 Å². The Morgan fingerprint density at radius 1 is 1.04 bits per heavy atom. The molecule has 132 valence electrons. The van der Waals surface area contributed by atoms with E-state index >= 15 is 0 Å². The Labute approximate surface area is 151 Å². The van der Waals surface area contributed by atoms with Crippen molar-refractivity contribution in [3.63, 3.8) is 0 Å². The molecule has 0 aliphatic carbocycles. The lowest BCUT2D eigenvalue weighted by Crippen LogP contribution is -2.31. The second-order valence-corrected chi connectivity index (χ2v) is 6.72. The van der Waals surface area contributed by atoms with Crippen LogP contribution in [0.1, 0.15) is 28.4 Å². The van der Waals surface area contributed by atoms with Crippen LogP contribution in [0, 0.1) is 0 Å². The fourth-order valence-electron chi connectivity index (χ4n) is 3.01. The summed E-state index contributed by atoms with van der Waals surface area (Å²) >= 11 is 1.82. The Balaban J connectivity index is 1.90. The molecule has 1 atom stereocenters. The Hall–Kier alpha value is -2.34. The number of rotatable bonds is 5. The van der Waals surface area contributed by atoms with Crippen LogP contribution >= 0.6 is 11.8 Å². The van der Waals surface area contributed by atoms with Crippen molar-refractivity contribution in [1.82, 2.24) is 5.32 Å². The van der Waals surface area contributed by atoms with Gasteiger partial charge in [0.2, 0.25) is 5.75 Å². The summed E-state index contributed by atoms with van der Waals surface area (Å²) in [5, 5.41) is 3.13. The highest BCUT2D eigenvalue weighted by molar-refractivity contribution is 7.99. The van der Waals surface area contributed by atoms with E-state index < -0.39 is 0 Å². The topological polar surface area (TPSA) is 56.8 Å². The molecule has 1 aliphatic rings. The molecule has 3 rings (SSSR count). The zero-order valence-corrected chi connectivity index (χ0v) is 15.3. The molecule has 0 aromatic heterocycles. The summed E-state index contributed by atoms with van der Waals surface area (Å²) in [6.45, 7) is 0. The van der Waals surface area contributed by atoms with Crippen LogP contribution < -0.4 is 19.5 Å². The third-order valence-electron chi connectivity index (χ3n) is 4.21. The summed E-state index contributed by atoms with van der Waals surface area (Å²) in [5.74, 6) is 2.10. The number of methoxy groups -OCH3 is 3. The Morgan fingerprint density at radius 3 is 2.52 bits per heavy atom. The number of benzene rings is 2. The van der Waals surface area contributed by atoms with Crippen LogP contribution in [0.4, 0.5) is 0 Å². The van der Waals surface area contributed by atoms with Crippen molar-refractivity contribution in [1.29, 1.82) is 0 Å². The second kappa shape index (κ2) is 7.70. The molecular weight excluding hydrogens is 338 g/mol. The lowest BCUT2D eigenvalue weighted by atomic mass is 10.0. The van der Waals surface area contributed by atoms with E-state index in [-0.39, 0.29) is 11.9 Å². The number of carbonyl (C=O) groups is 1. The highest BCUT2D eigenvalue weighted by Gasteiger charge is 2.25. The van der Waals surface area contributed by atoms with E-state index in [2.05, 4.69) is 17.4 Å². The van der Waals surface area contributed by atoms with E-state index in [4.69, 9.17) is 14.2 Å². The number of ether oxygens (including phenoxy) is 3. The molecule has 0 saturated heterocycles. The van der Waals surface area contributed by atoms with Crippen LogP contribution in [0.25, 0.3) is 0 Å². The number of amides is 1. The Morgan fingerprint density at radius 2 is 1.80 bits per heavy atom. The minimum Gasteiger partial charge on any atom is -0.493 e. The van der Waals surface area contributed by atoms with Crippen molar-refractivity contribution >= 4 is 17.7 Å². The Kier molecular flexibility index (Phi) is 5.38. The van der Waals surface area contributed by atoms with Crippen molar-refractivity contribution in [3.05, 3.63) is 47.5 Å². The van der Waals surface area contributed by atoms with Gasteiger partial charge in [-0.2, -0.15) is 0 Å². The molecule has 0 fully saturated rings. The lowest BCUT2D eigenvalue weighted by molar-refractivity contribution is 0.0931. The SMILES string of the molecule is COc1ccc(C(=O)N[C@H]2CCSc3ccccc32)c(OC)c1OC. The molecule has 2 aromatic rings. The van der Waals surface area contributed by atoms with Crippen LogP contribution in [0.15, 0.2) is 41.3 Å². The molecule has 1 aliphatic heterocycles. The van der Waals surface area contributed by atoms with Crippen molar-refractivity contribution in [3.8, 4) is 17.2 Å².